The quantitative estimate of drug-likeness (QED) is 0.739. The summed E-state index contributed by atoms with van der Waals surface area (Å²) < 4.78 is 0. The number of unbranched alkanes of at least 4 members (excludes halogenated alkanes) is 1. The van der Waals surface area contributed by atoms with Crippen LogP contribution < -0.4 is 5.32 Å². The zero-order valence-electron chi connectivity index (χ0n) is 10.5. The first-order chi connectivity index (χ1) is 7.53. The smallest absolute Gasteiger partial charge is 0.0406 e. The molecule has 0 atom stereocenters. The van der Waals surface area contributed by atoms with E-state index in [9.17, 15) is 0 Å². The van der Waals surface area contributed by atoms with Crippen molar-refractivity contribution in [3.05, 3.63) is 34.9 Å². The van der Waals surface area contributed by atoms with Crippen molar-refractivity contribution in [2.45, 2.75) is 45.6 Å². The highest BCUT2D eigenvalue weighted by atomic mass is 35.5. The lowest BCUT2D eigenvalue weighted by Crippen LogP contribution is -2.41. The molecule has 0 radical (unpaired) electrons. The zero-order valence-corrected chi connectivity index (χ0v) is 11.3. The molecule has 0 spiro atoms. The first kappa shape index (κ1) is 13.5. The van der Waals surface area contributed by atoms with Crippen molar-refractivity contribution in [2.75, 3.05) is 6.54 Å². The first-order valence-corrected chi connectivity index (χ1v) is 6.41. The molecule has 1 aromatic carbocycles. The highest BCUT2D eigenvalue weighted by Gasteiger charge is 2.16. The topological polar surface area (TPSA) is 12.0 Å². The minimum atomic E-state index is 0.156. The molecule has 1 rings (SSSR count). The van der Waals surface area contributed by atoms with E-state index in [4.69, 9.17) is 11.6 Å². The molecule has 1 nitrogen and oxygen atoms in total. The fourth-order valence-electron chi connectivity index (χ4n) is 1.78. The third kappa shape index (κ3) is 5.00. The van der Waals surface area contributed by atoms with Crippen LogP contribution in [0.2, 0.25) is 5.02 Å². The molecule has 0 amide bonds. The lowest BCUT2D eigenvalue weighted by molar-refractivity contribution is 0.383. The van der Waals surface area contributed by atoms with E-state index in [0.717, 1.165) is 18.0 Å². The molecule has 90 valence electrons. The summed E-state index contributed by atoms with van der Waals surface area (Å²) in [6.07, 6.45) is 3.52. The maximum Gasteiger partial charge on any atom is 0.0406 e. The van der Waals surface area contributed by atoms with E-state index < -0.39 is 0 Å². The van der Waals surface area contributed by atoms with E-state index in [-0.39, 0.29) is 5.54 Å². The third-order valence-electron chi connectivity index (χ3n) is 2.69. The third-order valence-corrected chi connectivity index (χ3v) is 2.95. The molecule has 0 aliphatic heterocycles. The number of hydrogen-bond acceptors (Lipinski definition) is 1. The Balaban J connectivity index is 2.48. The summed E-state index contributed by atoms with van der Waals surface area (Å²) in [5, 5.41) is 4.40. The molecule has 0 aromatic heterocycles. The summed E-state index contributed by atoms with van der Waals surface area (Å²) in [5.74, 6) is 0. The van der Waals surface area contributed by atoms with Gasteiger partial charge in [-0.3, -0.25) is 0 Å². The molecule has 2 heteroatoms. The van der Waals surface area contributed by atoms with Crippen LogP contribution in [-0.2, 0) is 6.42 Å². The molecule has 0 saturated carbocycles. The van der Waals surface area contributed by atoms with Gasteiger partial charge in [0.2, 0.25) is 0 Å². The van der Waals surface area contributed by atoms with Gasteiger partial charge in [0.05, 0.1) is 0 Å². The van der Waals surface area contributed by atoms with Crippen molar-refractivity contribution >= 4 is 11.6 Å². The second kappa shape index (κ2) is 6.27. The number of halogens is 1. The lowest BCUT2D eigenvalue weighted by Gasteiger charge is -2.26. The van der Waals surface area contributed by atoms with E-state index in [1.165, 1.54) is 18.4 Å². The van der Waals surface area contributed by atoms with Crippen LogP contribution in [0.1, 0.15) is 39.2 Å². The van der Waals surface area contributed by atoms with Crippen LogP contribution >= 0.6 is 11.6 Å². The van der Waals surface area contributed by atoms with E-state index in [1.807, 2.05) is 12.1 Å². The van der Waals surface area contributed by atoms with Crippen LogP contribution in [0.4, 0.5) is 0 Å². The van der Waals surface area contributed by atoms with Crippen LogP contribution in [0.5, 0.6) is 0 Å². The Morgan fingerprint density at radius 1 is 1.19 bits per heavy atom. The molecule has 0 aliphatic rings. The summed E-state index contributed by atoms with van der Waals surface area (Å²) >= 11 is 5.87. The summed E-state index contributed by atoms with van der Waals surface area (Å²) in [6.45, 7) is 7.81. The van der Waals surface area contributed by atoms with Crippen molar-refractivity contribution in [1.82, 2.24) is 5.32 Å². The fraction of sp³-hybridized carbons (Fsp3) is 0.571. The van der Waals surface area contributed by atoms with Gasteiger partial charge < -0.3 is 5.32 Å². The molecule has 0 heterocycles. The fourth-order valence-corrected chi connectivity index (χ4v) is 1.90. The van der Waals surface area contributed by atoms with E-state index in [2.05, 4.69) is 38.2 Å². The highest BCUT2D eigenvalue weighted by molar-refractivity contribution is 6.30. The minimum Gasteiger partial charge on any atom is -0.311 e. The van der Waals surface area contributed by atoms with Crippen LogP contribution in [0.3, 0.4) is 0 Å². The second-order valence-electron chi connectivity index (χ2n) is 4.97. The Morgan fingerprint density at radius 3 is 2.38 bits per heavy atom. The summed E-state index contributed by atoms with van der Waals surface area (Å²) in [7, 11) is 0. The van der Waals surface area contributed by atoms with Gasteiger partial charge in [0, 0.05) is 10.6 Å². The van der Waals surface area contributed by atoms with Crippen LogP contribution in [0.25, 0.3) is 0 Å². The average molecular weight is 240 g/mol. The predicted octanol–water partition coefficient (Wildman–Crippen LogP) is 4.05. The van der Waals surface area contributed by atoms with Gasteiger partial charge in [-0.25, -0.2) is 0 Å². The minimum absolute atomic E-state index is 0.156. The number of rotatable bonds is 6. The zero-order chi connectivity index (χ0) is 12.0. The Labute approximate surface area is 104 Å². The Kier molecular flexibility index (Phi) is 5.30. The standard InChI is InChI=1S/C14H22ClN/c1-4-5-10-16-14(2,3)11-12-6-8-13(15)9-7-12/h6-9,16H,4-5,10-11H2,1-3H3. The first-order valence-electron chi connectivity index (χ1n) is 6.03. The van der Waals surface area contributed by atoms with Crippen molar-refractivity contribution in [3.63, 3.8) is 0 Å². The maximum atomic E-state index is 5.87. The normalized spacial score (nSPS) is 11.8. The second-order valence-corrected chi connectivity index (χ2v) is 5.40. The number of hydrogen-bond donors (Lipinski definition) is 1. The van der Waals surface area contributed by atoms with Gasteiger partial charge in [-0.2, -0.15) is 0 Å². The molecule has 1 aromatic rings. The van der Waals surface area contributed by atoms with Gasteiger partial charge >= 0.3 is 0 Å². The van der Waals surface area contributed by atoms with Gasteiger partial charge in [-0.1, -0.05) is 37.1 Å². The largest absolute Gasteiger partial charge is 0.311 e. The van der Waals surface area contributed by atoms with E-state index >= 15 is 0 Å². The van der Waals surface area contributed by atoms with E-state index in [1.54, 1.807) is 0 Å². The van der Waals surface area contributed by atoms with Gasteiger partial charge in [0.15, 0.2) is 0 Å². The molecule has 0 aliphatic carbocycles. The Morgan fingerprint density at radius 2 is 1.81 bits per heavy atom. The Bertz CT molecular complexity index is 303. The Hall–Kier alpha value is -0.530. The van der Waals surface area contributed by atoms with E-state index in [0.29, 0.717) is 0 Å². The number of benzene rings is 1. The summed E-state index contributed by atoms with van der Waals surface area (Å²) in [4.78, 5) is 0. The van der Waals surface area contributed by atoms with Crippen molar-refractivity contribution < 1.29 is 0 Å². The molecular formula is C14H22ClN. The van der Waals surface area contributed by atoms with Crippen LogP contribution in [0, 0.1) is 0 Å². The van der Waals surface area contributed by atoms with Crippen molar-refractivity contribution in [2.24, 2.45) is 0 Å². The van der Waals surface area contributed by atoms with Crippen LogP contribution in [0.15, 0.2) is 24.3 Å². The molecule has 0 fully saturated rings. The molecular weight excluding hydrogens is 218 g/mol. The number of nitrogens with one attached hydrogen (secondary N) is 1. The molecule has 1 N–H and O–H groups in total. The molecule has 16 heavy (non-hydrogen) atoms. The molecule has 0 bridgehead atoms. The van der Waals surface area contributed by atoms with Crippen LogP contribution in [-0.4, -0.2) is 12.1 Å². The summed E-state index contributed by atoms with van der Waals surface area (Å²) in [5.41, 5.74) is 1.49. The SMILES string of the molecule is CCCCNC(C)(C)Cc1ccc(Cl)cc1. The predicted molar refractivity (Wildman–Crippen MR) is 72.1 cm³/mol. The average Bonchev–Trinajstić information content (AvgIpc) is 2.21. The molecule has 0 saturated heterocycles. The molecule has 0 unspecified atom stereocenters. The van der Waals surface area contributed by atoms with Gasteiger partial charge in [0.1, 0.15) is 0 Å². The summed E-state index contributed by atoms with van der Waals surface area (Å²) in [6, 6.07) is 8.12. The highest BCUT2D eigenvalue weighted by Crippen LogP contribution is 2.15. The maximum absolute atomic E-state index is 5.87. The van der Waals surface area contributed by atoms with Crippen molar-refractivity contribution in [3.8, 4) is 0 Å². The lowest BCUT2D eigenvalue weighted by atomic mass is 9.95. The van der Waals surface area contributed by atoms with Gasteiger partial charge in [-0.15, -0.1) is 0 Å². The van der Waals surface area contributed by atoms with Gasteiger partial charge in [0.25, 0.3) is 0 Å². The monoisotopic (exact) mass is 239 g/mol. The van der Waals surface area contributed by atoms with Crippen molar-refractivity contribution in [1.29, 1.82) is 0 Å². The van der Waals surface area contributed by atoms with Gasteiger partial charge in [-0.05, 0) is 50.9 Å².